The minimum atomic E-state index is -0.808. The minimum Gasteiger partial charge on any atom is -0.462 e. The zero-order valence-electron chi connectivity index (χ0n) is 31.0. The average Bonchev–Trinajstić information content (AvgIpc) is 3.09. The monoisotopic (exact) mass is 669 g/mol. The van der Waals surface area contributed by atoms with Crippen molar-refractivity contribution in [3.63, 3.8) is 0 Å². The smallest absolute Gasteiger partial charge is 0.306 e. The van der Waals surface area contributed by atoms with Crippen LogP contribution in [-0.4, -0.2) is 36.4 Å². The summed E-state index contributed by atoms with van der Waals surface area (Å²) in [5.41, 5.74) is 0. The summed E-state index contributed by atoms with van der Waals surface area (Å²) in [5, 5.41) is 9.54. The van der Waals surface area contributed by atoms with Gasteiger partial charge in [0.05, 0.1) is 6.61 Å². The molecule has 0 heterocycles. The van der Waals surface area contributed by atoms with Gasteiger partial charge >= 0.3 is 11.9 Å². The van der Waals surface area contributed by atoms with E-state index < -0.39 is 6.10 Å². The molecule has 274 valence electrons. The third kappa shape index (κ3) is 36.2. The maximum absolute atomic E-state index is 12.1. The Balaban J connectivity index is 3.73. The number of carbonyl (C=O) groups excluding carboxylic acids is 2. The Hall–Kier alpha value is -2.66. The average molecular weight is 669 g/mol. The van der Waals surface area contributed by atoms with E-state index in [2.05, 4.69) is 74.6 Å². The van der Waals surface area contributed by atoms with E-state index in [0.29, 0.717) is 12.8 Å². The molecule has 1 N–H and O–H groups in total. The summed E-state index contributed by atoms with van der Waals surface area (Å²) >= 11 is 0. The molecule has 5 heteroatoms. The van der Waals surface area contributed by atoms with Gasteiger partial charge in [-0.15, -0.1) is 0 Å². The topological polar surface area (TPSA) is 72.8 Å². The van der Waals surface area contributed by atoms with Crippen molar-refractivity contribution in [2.75, 3.05) is 13.2 Å². The maximum Gasteiger partial charge on any atom is 0.306 e. The van der Waals surface area contributed by atoms with Crippen molar-refractivity contribution in [1.82, 2.24) is 0 Å². The fraction of sp³-hybridized carbons (Fsp3) is 0.674. The van der Waals surface area contributed by atoms with Gasteiger partial charge < -0.3 is 14.6 Å². The second kappa shape index (κ2) is 38.8. The number of ether oxygens (including phenoxy) is 2. The third-order valence-corrected chi connectivity index (χ3v) is 7.99. The fourth-order valence-electron chi connectivity index (χ4n) is 5.00. The molecule has 0 bridgehead atoms. The SMILES string of the molecule is CCCCCC=CCC=CCC=CCC=CCC=CCCC(=O)OC[C@H](CO)OC(=O)CCCCCCCC=CCCCCCCCC. The van der Waals surface area contributed by atoms with Crippen molar-refractivity contribution in [1.29, 1.82) is 0 Å². The van der Waals surface area contributed by atoms with Crippen LogP contribution in [0.5, 0.6) is 0 Å². The predicted molar refractivity (Wildman–Crippen MR) is 205 cm³/mol. The second-order valence-electron chi connectivity index (χ2n) is 12.6. The summed E-state index contributed by atoms with van der Waals surface area (Å²) in [6.45, 7) is 4.02. The van der Waals surface area contributed by atoms with Crippen molar-refractivity contribution in [3.05, 3.63) is 72.9 Å². The maximum atomic E-state index is 12.1. The van der Waals surface area contributed by atoms with E-state index in [9.17, 15) is 14.7 Å². The molecule has 0 aromatic carbocycles. The Morgan fingerprint density at radius 2 is 0.875 bits per heavy atom. The molecule has 0 aliphatic rings. The van der Waals surface area contributed by atoms with E-state index in [4.69, 9.17) is 9.47 Å². The van der Waals surface area contributed by atoms with E-state index in [1.807, 2.05) is 12.2 Å². The number of aliphatic hydroxyl groups excluding tert-OH is 1. The van der Waals surface area contributed by atoms with Crippen LogP contribution in [0, 0.1) is 0 Å². The summed E-state index contributed by atoms with van der Waals surface area (Å²) in [7, 11) is 0. The molecule has 1 atom stereocenters. The molecule has 0 unspecified atom stereocenters. The van der Waals surface area contributed by atoms with Gasteiger partial charge in [-0.3, -0.25) is 9.59 Å². The highest BCUT2D eigenvalue weighted by Gasteiger charge is 2.15. The van der Waals surface area contributed by atoms with Crippen LogP contribution in [-0.2, 0) is 19.1 Å². The largest absolute Gasteiger partial charge is 0.462 e. The van der Waals surface area contributed by atoms with Gasteiger partial charge in [-0.2, -0.15) is 0 Å². The van der Waals surface area contributed by atoms with Gasteiger partial charge in [0.15, 0.2) is 6.10 Å². The Morgan fingerprint density at radius 1 is 0.479 bits per heavy atom. The Bertz CT molecular complexity index is 895. The first kappa shape index (κ1) is 45.3. The summed E-state index contributed by atoms with van der Waals surface area (Å²) in [6, 6.07) is 0. The van der Waals surface area contributed by atoms with Crippen molar-refractivity contribution in [3.8, 4) is 0 Å². The molecule has 5 nitrogen and oxygen atoms in total. The molecule has 0 spiro atoms. The lowest BCUT2D eigenvalue weighted by atomic mass is 10.1. The van der Waals surface area contributed by atoms with E-state index in [1.54, 1.807) is 0 Å². The van der Waals surface area contributed by atoms with Crippen molar-refractivity contribution < 1.29 is 24.2 Å². The fourth-order valence-corrected chi connectivity index (χ4v) is 5.00. The zero-order chi connectivity index (χ0) is 35.0. The molecule has 0 fully saturated rings. The Kier molecular flexibility index (Phi) is 36.6. The molecular weight excluding hydrogens is 596 g/mol. The summed E-state index contributed by atoms with van der Waals surface area (Å²) in [6.07, 6.45) is 51.1. The highest BCUT2D eigenvalue weighted by molar-refractivity contribution is 5.70. The Morgan fingerprint density at radius 3 is 1.40 bits per heavy atom. The molecule has 0 aromatic heterocycles. The van der Waals surface area contributed by atoms with Crippen LogP contribution in [0.1, 0.15) is 168 Å². The van der Waals surface area contributed by atoms with E-state index in [-0.39, 0.29) is 31.6 Å². The van der Waals surface area contributed by atoms with Gasteiger partial charge in [-0.25, -0.2) is 0 Å². The lowest BCUT2D eigenvalue weighted by molar-refractivity contribution is -0.161. The number of unbranched alkanes of at least 4 members (excludes halogenated alkanes) is 14. The van der Waals surface area contributed by atoms with Crippen LogP contribution in [0.4, 0.5) is 0 Å². The first-order valence-corrected chi connectivity index (χ1v) is 19.5. The number of esters is 2. The van der Waals surface area contributed by atoms with Crippen LogP contribution in [0.2, 0.25) is 0 Å². The van der Waals surface area contributed by atoms with E-state index in [1.165, 1.54) is 83.5 Å². The van der Waals surface area contributed by atoms with Crippen LogP contribution in [0.3, 0.4) is 0 Å². The molecule has 0 amide bonds. The standard InChI is InChI=1S/C43H72O5/c1-3-5-7-9-11-13-15-17-19-20-21-22-24-25-27-29-31-33-35-37-42(45)47-40-41(39-44)48-43(46)38-36-34-32-30-28-26-23-18-16-14-12-10-8-6-4-2/h11,13,17-19,21-23,25,27,31,33,41,44H,3-10,12,14-16,20,24,26,28-30,32,34-40H2,1-2H3/t41-/m0/s1. The molecule has 0 saturated carbocycles. The van der Waals surface area contributed by atoms with Gasteiger partial charge in [-0.05, 0) is 77.0 Å². The lowest BCUT2D eigenvalue weighted by Crippen LogP contribution is -2.28. The molecule has 0 aromatic rings. The zero-order valence-corrected chi connectivity index (χ0v) is 31.0. The third-order valence-electron chi connectivity index (χ3n) is 7.99. The first-order valence-electron chi connectivity index (χ1n) is 19.5. The van der Waals surface area contributed by atoms with E-state index >= 15 is 0 Å². The van der Waals surface area contributed by atoms with Crippen LogP contribution in [0.25, 0.3) is 0 Å². The van der Waals surface area contributed by atoms with Gasteiger partial charge in [-0.1, -0.05) is 151 Å². The lowest BCUT2D eigenvalue weighted by Gasteiger charge is -2.15. The van der Waals surface area contributed by atoms with Gasteiger partial charge in [0.2, 0.25) is 0 Å². The molecule has 0 saturated heterocycles. The van der Waals surface area contributed by atoms with Crippen molar-refractivity contribution in [2.45, 2.75) is 174 Å². The van der Waals surface area contributed by atoms with Crippen LogP contribution < -0.4 is 0 Å². The van der Waals surface area contributed by atoms with E-state index in [0.717, 1.165) is 51.4 Å². The van der Waals surface area contributed by atoms with Crippen LogP contribution in [0.15, 0.2) is 72.9 Å². The summed E-state index contributed by atoms with van der Waals surface area (Å²) in [4.78, 5) is 24.2. The number of carbonyl (C=O) groups is 2. The molecular formula is C43H72O5. The number of allylic oxidation sites excluding steroid dienone is 12. The molecule has 0 aliphatic carbocycles. The quantitative estimate of drug-likeness (QED) is 0.0420. The number of rotatable bonds is 34. The number of hydrogen-bond donors (Lipinski definition) is 1. The van der Waals surface area contributed by atoms with Gasteiger partial charge in [0, 0.05) is 12.8 Å². The molecule has 0 aliphatic heterocycles. The molecule has 0 radical (unpaired) electrons. The highest BCUT2D eigenvalue weighted by Crippen LogP contribution is 2.11. The normalized spacial score (nSPS) is 13.0. The van der Waals surface area contributed by atoms with Gasteiger partial charge in [0.1, 0.15) is 6.61 Å². The number of aliphatic hydroxyl groups is 1. The first-order chi connectivity index (χ1) is 23.6. The van der Waals surface area contributed by atoms with Gasteiger partial charge in [0.25, 0.3) is 0 Å². The minimum absolute atomic E-state index is 0.112. The van der Waals surface area contributed by atoms with Crippen molar-refractivity contribution in [2.24, 2.45) is 0 Å². The Labute approximate surface area is 295 Å². The summed E-state index contributed by atoms with van der Waals surface area (Å²) in [5.74, 6) is -0.702. The van der Waals surface area contributed by atoms with Crippen LogP contribution >= 0.6 is 0 Å². The summed E-state index contributed by atoms with van der Waals surface area (Å²) < 4.78 is 10.5. The highest BCUT2D eigenvalue weighted by atomic mass is 16.6. The second-order valence-corrected chi connectivity index (χ2v) is 12.6. The molecule has 0 rings (SSSR count). The van der Waals surface area contributed by atoms with Crippen molar-refractivity contribution >= 4 is 11.9 Å². The molecule has 48 heavy (non-hydrogen) atoms. The number of hydrogen-bond acceptors (Lipinski definition) is 5. The predicted octanol–water partition coefficient (Wildman–Crippen LogP) is 12.2.